The molecule has 2 aliphatic heterocycles. The highest BCUT2D eigenvalue weighted by Crippen LogP contribution is 2.51. The molecule has 4 rings (SSSR count). The van der Waals surface area contributed by atoms with Gasteiger partial charge in [-0.15, -0.1) is 0 Å². The number of hydrogen-bond donors (Lipinski definition) is 1. The topological polar surface area (TPSA) is 265 Å². The molecule has 0 aromatic heterocycles. The van der Waals surface area contributed by atoms with Crippen LogP contribution in [0.1, 0.15) is 89.5 Å². The minimum absolute atomic E-state index is 0.00880. The summed E-state index contributed by atoms with van der Waals surface area (Å²) in [4.78, 5) is 12.7. The predicted molar refractivity (Wildman–Crippen MR) is 249 cm³/mol. The number of carboxylic acid groups (broad SMARTS) is 1. The summed E-state index contributed by atoms with van der Waals surface area (Å²) in [7, 11) is -12.3. The van der Waals surface area contributed by atoms with E-state index in [1.165, 1.54) is 18.2 Å². The van der Waals surface area contributed by atoms with Crippen LogP contribution >= 0.6 is 0 Å². The maximum absolute atomic E-state index is 12.2. The third kappa shape index (κ3) is 17.8. The molecule has 0 saturated carbocycles. The zero-order valence-electron chi connectivity index (χ0n) is 38.9. The van der Waals surface area contributed by atoms with Gasteiger partial charge in [-0.1, -0.05) is 39.3 Å². The SMILES string of the molecule is COCCOCCOCCOCC[N+](CCCS(=O)(=O)[O-])=c1ccc2c(/C=C/C=C3\N(CCCCCC(=O)O)c4ccc(S(=O)(=O)[O-])cc4C3(C)CCCS(=O)(=O)[O-])cc(C(C)(C)C)oc-2c1. The van der Waals surface area contributed by atoms with Crippen LogP contribution in [0.25, 0.3) is 17.4 Å². The van der Waals surface area contributed by atoms with Crippen LogP contribution in [0.5, 0.6) is 0 Å². The van der Waals surface area contributed by atoms with Crippen LogP contribution in [0.15, 0.2) is 69.6 Å². The highest BCUT2D eigenvalue weighted by molar-refractivity contribution is 7.86. The Morgan fingerprint density at radius 2 is 1.45 bits per heavy atom. The van der Waals surface area contributed by atoms with Gasteiger partial charge in [0, 0.05) is 71.8 Å². The molecule has 1 unspecified atom stereocenters. The second-order valence-corrected chi connectivity index (χ2v) is 22.0. The molecule has 21 heteroatoms. The third-order valence-corrected chi connectivity index (χ3v) is 13.7. The number of aliphatic carboxylic acids is 1. The molecule has 0 spiro atoms. The van der Waals surface area contributed by atoms with E-state index < -0.39 is 63.6 Å². The van der Waals surface area contributed by atoms with Crippen molar-refractivity contribution in [1.82, 2.24) is 4.58 Å². The van der Waals surface area contributed by atoms with Crippen molar-refractivity contribution in [1.29, 1.82) is 0 Å². The molecule has 1 aromatic rings. The number of carbonyl (C=O) groups is 1. The van der Waals surface area contributed by atoms with Crippen LogP contribution < -0.4 is 14.8 Å². The molecule has 0 amide bonds. The number of nitrogens with zero attached hydrogens (tertiary/aromatic N) is 2. The largest absolute Gasteiger partial charge is 0.748 e. The molecule has 1 aromatic carbocycles. The fourth-order valence-electron chi connectivity index (χ4n) is 7.83. The maximum atomic E-state index is 12.2. The molecule has 67 heavy (non-hydrogen) atoms. The lowest BCUT2D eigenvalue weighted by atomic mass is 9.77. The number of fused-ring (bicyclic) bond motifs is 2. The van der Waals surface area contributed by atoms with E-state index in [1.54, 1.807) is 7.11 Å². The Morgan fingerprint density at radius 3 is 2.06 bits per heavy atom. The van der Waals surface area contributed by atoms with E-state index in [0.717, 1.165) is 11.1 Å². The van der Waals surface area contributed by atoms with Gasteiger partial charge in [0.05, 0.1) is 70.8 Å². The summed E-state index contributed by atoms with van der Waals surface area (Å²) in [6.07, 6.45) is 7.22. The molecule has 0 radical (unpaired) electrons. The van der Waals surface area contributed by atoms with E-state index in [2.05, 4.69) is 0 Å². The van der Waals surface area contributed by atoms with Gasteiger partial charge in [0.15, 0.2) is 6.54 Å². The first-order valence-corrected chi connectivity index (χ1v) is 26.7. The molecule has 374 valence electrons. The van der Waals surface area contributed by atoms with Gasteiger partial charge < -0.3 is 47.0 Å². The van der Waals surface area contributed by atoms with Crippen molar-refractivity contribution in [3.8, 4) is 11.3 Å². The van der Waals surface area contributed by atoms with Crippen molar-refractivity contribution in [2.75, 3.05) is 89.4 Å². The first-order valence-electron chi connectivity index (χ1n) is 22.2. The number of allylic oxidation sites excluding steroid dienone is 3. The van der Waals surface area contributed by atoms with Crippen LogP contribution in [-0.4, -0.2) is 134 Å². The Kier molecular flexibility index (Phi) is 20.7. The minimum Gasteiger partial charge on any atom is -0.748 e. The van der Waals surface area contributed by atoms with Crippen molar-refractivity contribution >= 4 is 48.1 Å². The molecule has 0 bridgehead atoms. The minimum atomic E-state index is -4.88. The van der Waals surface area contributed by atoms with Crippen LogP contribution in [0, 0.1) is 0 Å². The van der Waals surface area contributed by atoms with E-state index in [1.807, 2.05) is 79.7 Å². The number of unbranched alkanes of at least 4 members (excludes halogenated alkanes) is 2. The average Bonchev–Trinajstić information content (AvgIpc) is 3.45. The van der Waals surface area contributed by atoms with E-state index >= 15 is 0 Å². The van der Waals surface area contributed by atoms with E-state index in [9.17, 15) is 48.8 Å². The summed E-state index contributed by atoms with van der Waals surface area (Å²) < 4.78 is 137. The van der Waals surface area contributed by atoms with Crippen molar-refractivity contribution in [3.63, 3.8) is 0 Å². The zero-order chi connectivity index (χ0) is 49.5. The number of methoxy groups -OCH3 is 1. The smallest absolute Gasteiger partial charge is 0.303 e. The van der Waals surface area contributed by atoms with Crippen LogP contribution in [0.4, 0.5) is 5.69 Å². The van der Waals surface area contributed by atoms with Crippen LogP contribution in [0.2, 0.25) is 0 Å². The summed E-state index contributed by atoms with van der Waals surface area (Å²) >= 11 is 0. The average molecular weight is 997 g/mol. The Balaban J connectivity index is 1.76. The van der Waals surface area contributed by atoms with E-state index in [0.29, 0.717) is 106 Å². The lowest BCUT2D eigenvalue weighted by Gasteiger charge is -2.31. The highest BCUT2D eigenvalue weighted by Gasteiger charge is 2.43. The monoisotopic (exact) mass is 996 g/mol. The zero-order valence-corrected chi connectivity index (χ0v) is 41.3. The quantitative estimate of drug-likeness (QED) is 0.0564. The molecular formula is C46H64N2O16S3-2. The number of anilines is 1. The number of ether oxygens (including phenoxy) is 4. The summed E-state index contributed by atoms with van der Waals surface area (Å²) in [6, 6.07) is 11.6. The molecule has 1 N–H and O–H groups in total. The third-order valence-electron chi connectivity index (χ3n) is 11.3. The van der Waals surface area contributed by atoms with Gasteiger partial charge in [-0.3, -0.25) is 4.79 Å². The van der Waals surface area contributed by atoms with Crippen LogP contribution in [0.3, 0.4) is 0 Å². The van der Waals surface area contributed by atoms with Crippen molar-refractivity contribution < 1.29 is 72.2 Å². The predicted octanol–water partition coefficient (Wildman–Crippen LogP) is 4.64. The number of rotatable bonds is 29. The lowest BCUT2D eigenvalue weighted by molar-refractivity contribution is -0.137. The first kappa shape index (κ1) is 55.6. The van der Waals surface area contributed by atoms with Gasteiger partial charge in [-0.05, 0) is 80.1 Å². The second-order valence-electron chi connectivity index (χ2n) is 17.5. The molecule has 2 heterocycles. The highest BCUT2D eigenvalue weighted by atomic mass is 32.2. The van der Waals surface area contributed by atoms with Gasteiger partial charge in [-0.2, -0.15) is 0 Å². The fraction of sp³-hybridized carbons (Fsp3) is 0.565. The summed E-state index contributed by atoms with van der Waals surface area (Å²) in [5.74, 6) is -0.943. The summed E-state index contributed by atoms with van der Waals surface area (Å²) in [6.45, 7) is 11.5. The fourth-order valence-corrected chi connectivity index (χ4v) is 9.30. The van der Waals surface area contributed by atoms with Crippen molar-refractivity contribution in [2.45, 2.75) is 88.4 Å². The first-order chi connectivity index (χ1) is 31.4. The molecule has 1 atom stereocenters. The normalized spacial score (nSPS) is 17.0. The molecule has 0 fully saturated rings. The van der Waals surface area contributed by atoms with Crippen molar-refractivity contribution in [3.05, 3.63) is 82.6 Å². The van der Waals surface area contributed by atoms with Gasteiger partial charge >= 0.3 is 5.97 Å². The van der Waals surface area contributed by atoms with Gasteiger partial charge in [-0.25, -0.2) is 29.8 Å². The lowest BCUT2D eigenvalue weighted by Crippen LogP contribution is -2.35. The Bertz CT molecular complexity index is 2560. The molecule has 18 nitrogen and oxygen atoms in total. The molecule has 0 saturated heterocycles. The summed E-state index contributed by atoms with van der Waals surface area (Å²) in [5, 5.41) is 9.88. The second kappa shape index (κ2) is 25.0. The number of hydrogen-bond acceptors (Lipinski definition) is 16. The number of benzene rings is 2. The van der Waals surface area contributed by atoms with Gasteiger partial charge in [0.25, 0.3) is 0 Å². The van der Waals surface area contributed by atoms with Gasteiger partial charge in [0.2, 0.25) is 5.36 Å². The molecule has 1 aliphatic carbocycles. The Labute approximate surface area is 394 Å². The molecular weight excluding hydrogens is 933 g/mol. The maximum Gasteiger partial charge on any atom is 0.303 e. The summed E-state index contributed by atoms with van der Waals surface area (Å²) in [5.41, 5.74) is 1.70. The van der Waals surface area contributed by atoms with Crippen LogP contribution in [-0.2, 0) is 64.9 Å². The van der Waals surface area contributed by atoms with E-state index in [-0.39, 0.29) is 38.8 Å². The Hall–Kier alpha value is -4.03. The standard InChI is InChI=1S/C46H66N2O16S3/c1-45(2,3)43-32-35(38-17-15-36(33-41(38)64-43)47(20-11-31-66(54,55)56)22-23-61-26-27-63-29-28-62-25-24-60-5)12-9-13-42-46(4,19-10-30-65(51,52)53)39-34-37(67(57,58)59)16-18-40(39)48(42)21-8-6-7-14-44(49)50/h9,12-13,15-18,32-34H,6-8,10-11,14,19-31H2,1-5H3,(H3-,49,50,51,52,53,54,55,56,57,58,59)/p-2. The Morgan fingerprint density at radius 1 is 0.806 bits per heavy atom. The van der Waals surface area contributed by atoms with Gasteiger partial charge in [0.1, 0.15) is 34.8 Å². The number of carboxylic acids is 1. The van der Waals surface area contributed by atoms with E-state index in [4.69, 9.17) is 23.4 Å². The van der Waals surface area contributed by atoms with Crippen molar-refractivity contribution in [2.24, 2.45) is 0 Å². The molecule has 3 aliphatic rings.